The molecule has 0 saturated heterocycles. The minimum atomic E-state index is -1.12. The van der Waals surface area contributed by atoms with Crippen LogP contribution in [0.1, 0.15) is 25.0 Å². The average Bonchev–Trinajstić information content (AvgIpc) is 2.72. The van der Waals surface area contributed by atoms with Crippen molar-refractivity contribution >= 4 is 24.0 Å². The summed E-state index contributed by atoms with van der Waals surface area (Å²) in [5.41, 5.74) is 1.68. The summed E-state index contributed by atoms with van der Waals surface area (Å²) in [4.78, 5) is 35.7. The minimum absolute atomic E-state index is 0.277. The smallest absolute Gasteiger partial charge is 0.331 e. The first-order valence-corrected chi connectivity index (χ1v) is 9.22. The van der Waals surface area contributed by atoms with Crippen molar-refractivity contribution in [3.05, 3.63) is 71.8 Å². The Morgan fingerprint density at radius 2 is 1.72 bits per heavy atom. The molecule has 0 saturated carbocycles. The van der Waals surface area contributed by atoms with Gasteiger partial charge in [-0.2, -0.15) is 0 Å². The van der Waals surface area contributed by atoms with Crippen molar-refractivity contribution in [3.63, 3.8) is 0 Å². The van der Waals surface area contributed by atoms with Gasteiger partial charge >= 0.3 is 12.0 Å². The number of carbonyl (C=O) groups is 3. The number of nitrogens with one attached hydrogen (secondary N) is 2. The van der Waals surface area contributed by atoms with Gasteiger partial charge in [0, 0.05) is 12.6 Å². The van der Waals surface area contributed by atoms with Gasteiger partial charge in [-0.1, -0.05) is 42.5 Å². The Bertz CT molecular complexity index is 847. The Kier molecular flexibility index (Phi) is 8.44. The molecule has 0 fully saturated rings. The number of imide groups is 1. The van der Waals surface area contributed by atoms with Crippen LogP contribution >= 0.6 is 0 Å². The molecular formula is C22H24N2O5. The predicted octanol–water partition coefficient (Wildman–Crippen LogP) is 3.06. The summed E-state index contributed by atoms with van der Waals surface area (Å²) in [5.74, 6) is -0.660. The van der Waals surface area contributed by atoms with Crippen molar-refractivity contribution in [2.24, 2.45) is 0 Å². The van der Waals surface area contributed by atoms with E-state index in [0.717, 1.165) is 16.9 Å². The van der Waals surface area contributed by atoms with Crippen molar-refractivity contribution in [1.29, 1.82) is 0 Å². The van der Waals surface area contributed by atoms with Crippen LogP contribution in [0, 0.1) is 0 Å². The van der Waals surface area contributed by atoms with Crippen molar-refractivity contribution in [2.45, 2.75) is 26.5 Å². The van der Waals surface area contributed by atoms with E-state index in [9.17, 15) is 14.4 Å². The van der Waals surface area contributed by atoms with E-state index in [-0.39, 0.29) is 6.54 Å². The molecule has 0 aliphatic carbocycles. The lowest BCUT2D eigenvalue weighted by atomic mass is 10.2. The molecule has 7 nitrogen and oxygen atoms in total. The highest BCUT2D eigenvalue weighted by Gasteiger charge is 2.18. The van der Waals surface area contributed by atoms with Gasteiger partial charge in [0.15, 0.2) is 6.10 Å². The van der Waals surface area contributed by atoms with Crippen LogP contribution < -0.4 is 15.4 Å². The zero-order valence-corrected chi connectivity index (χ0v) is 16.4. The van der Waals surface area contributed by atoms with E-state index < -0.39 is 24.0 Å². The standard InChI is InChI=1S/C22H24N2O5/c1-3-28-19-12-9-17(10-13-19)11-14-20(25)29-16(2)21(26)24-22(27)23-15-18-7-5-4-6-8-18/h4-14,16H,3,15H2,1-2H3,(H2,23,24,26,27)/b14-11+/t16-/m1/s1. The molecule has 0 unspecified atom stereocenters. The molecule has 2 aromatic carbocycles. The van der Waals surface area contributed by atoms with Gasteiger partial charge in [-0.05, 0) is 43.2 Å². The van der Waals surface area contributed by atoms with E-state index in [2.05, 4.69) is 10.6 Å². The van der Waals surface area contributed by atoms with Crippen LogP contribution in [0.15, 0.2) is 60.7 Å². The molecule has 2 N–H and O–H groups in total. The van der Waals surface area contributed by atoms with Crippen LogP contribution in [-0.2, 0) is 20.9 Å². The SMILES string of the molecule is CCOc1ccc(/C=C/C(=O)O[C@H](C)C(=O)NC(=O)NCc2ccccc2)cc1. The Labute approximate surface area is 169 Å². The molecule has 0 spiro atoms. The molecule has 0 heterocycles. The quantitative estimate of drug-likeness (QED) is 0.528. The fraction of sp³-hybridized carbons (Fsp3) is 0.227. The van der Waals surface area contributed by atoms with E-state index >= 15 is 0 Å². The maximum absolute atomic E-state index is 12.0. The predicted molar refractivity (Wildman–Crippen MR) is 109 cm³/mol. The molecule has 0 radical (unpaired) electrons. The topological polar surface area (TPSA) is 93.7 Å². The van der Waals surface area contributed by atoms with Gasteiger partial charge in [0.2, 0.25) is 0 Å². The van der Waals surface area contributed by atoms with Crippen molar-refractivity contribution in [2.75, 3.05) is 6.61 Å². The minimum Gasteiger partial charge on any atom is -0.494 e. The second-order valence-electron chi connectivity index (χ2n) is 6.07. The molecule has 152 valence electrons. The van der Waals surface area contributed by atoms with Gasteiger partial charge in [0.05, 0.1) is 6.61 Å². The number of amides is 3. The molecule has 7 heteroatoms. The summed E-state index contributed by atoms with van der Waals surface area (Å²) in [6, 6.07) is 15.8. The molecule has 1 atom stereocenters. The second-order valence-corrected chi connectivity index (χ2v) is 6.07. The first kappa shape index (κ1) is 21.7. The van der Waals surface area contributed by atoms with Crippen LogP contribution in [0.4, 0.5) is 4.79 Å². The lowest BCUT2D eigenvalue weighted by molar-refractivity contribution is -0.149. The van der Waals surface area contributed by atoms with Crippen LogP contribution in [0.5, 0.6) is 5.75 Å². The summed E-state index contributed by atoms with van der Waals surface area (Å²) in [6.07, 6.45) is 1.67. The summed E-state index contributed by atoms with van der Waals surface area (Å²) < 4.78 is 10.4. The second kappa shape index (κ2) is 11.3. The first-order chi connectivity index (χ1) is 14.0. The zero-order valence-electron chi connectivity index (χ0n) is 16.4. The highest BCUT2D eigenvalue weighted by Crippen LogP contribution is 2.13. The Morgan fingerprint density at radius 3 is 2.38 bits per heavy atom. The monoisotopic (exact) mass is 396 g/mol. The fourth-order valence-corrected chi connectivity index (χ4v) is 2.31. The number of benzene rings is 2. The van der Waals surface area contributed by atoms with Gasteiger partial charge in [-0.3, -0.25) is 10.1 Å². The molecule has 2 aromatic rings. The number of carbonyl (C=O) groups excluding carboxylic acids is 3. The van der Waals surface area contributed by atoms with Gasteiger partial charge in [-0.15, -0.1) is 0 Å². The van der Waals surface area contributed by atoms with E-state index in [1.165, 1.54) is 13.0 Å². The van der Waals surface area contributed by atoms with Crippen LogP contribution in [0.3, 0.4) is 0 Å². The highest BCUT2D eigenvalue weighted by atomic mass is 16.5. The number of ether oxygens (including phenoxy) is 2. The molecular weight excluding hydrogens is 372 g/mol. The third kappa shape index (κ3) is 7.88. The summed E-state index contributed by atoms with van der Waals surface area (Å²) in [5, 5.41) is 4.71. The normalized spacial score (nSPS) is 11.5. The molecule has 3 amide bonds. The molecule has 2 rings (SSSR count). The Hall–Kier alpha value is -3.61. The van der Waals surface area contributed by atoms with E-state index in [0.29, 0.717) is 6.61 Å². The fourth-order valence-electron chi connectivity index (χ4n) is 2.31. The molecule has 0 aromatic heterocycles. The van der Waals surface area contributed by atoms with Crippen molar-refractivity contribution in [1.82, 2.24) is 10.6 Å². The van der Waals surface area contributed by atoms with Crippen LogP contribution in [0.2, 0.25) is 0 Å². The molecule has 29 heavy (non-hydrogen) atoms. The third-order valence-corrected chi connectivity index (χ3v) is 3.80. The van der Waals surface area contributed by atoms with Gasteiger partial charge in [0.1, 0.15) is 5.75 Å². The zero-order chi connectivity index (χ0) is 21.1. The number of hydrogen-bond acceptors (Lipinski definition) is 5. The van der Waals surface area contributed by atoms with Crippen LogP contribution in [-0.4, -0.2) is 30.6 Å². The number of rotatable bonds is 8. The van der Waals surface area contributed by atoms with Crippen LogP contribution in [0.25, 0.3) is 6.08 Å². The largest absolute Gasteiger partial charge is 0.494 e. The number of urea groups is 1. The van der Waals surface area contributed by atoms with E-state index in [1.54, 1.807) is 30.3 Å². The van der Waals surface area contributed by atoms with Gasteiger partial charge in [-0.25, -0.2) is 9.59 Å². The maximum atomic E-state index is 12.0. The summed E-state index contributed by atoms with van der Waals surface area (Å²) in [7, 11) is 0. The first-order valence-electron chi connectivity index (χ1n) is 9.22. The summed E-state index contributed by atoms with van der Waals surface area (Å²) >= 11 is 0. The Morgan fingerprint density at radius 1 is 1.03 bits per heavy atom. The molecule has 0 aliphatic heterocycles. The highest BCUT2D eigenvalue weighted by molar-refractivity contribution is 5.98. The average molecular weight is 396 g/mol. The maximum Gasteiger partial charge on any atom is 0.331 e. The molecule has 0 bridgehead atoms. The Balaban J connectivity index is 1.75. The number of esters is 1. The lowest BCUT2D eigenvalue weighted by Gasteiger charge is -2.12. The van der Waals surface area contributed by atoms with Gasteiger partial charge in [0.25, 0.3) is 5.91 Å². The van der Waals surface area contributed by atoms with Gasteiger partial charge < -0.3 is 14.8 Å². The third-order valence-electron chi connectivity index (χ3n) is 3.80. The van der Waals surface area contributed by atoms with E-state index in [1.807, 2.05) is 37.3 Å². The van der Waals surface area contributed by atoms with Crippen molar-refractivity contribution in [3.8, 4) is 5.75 Å². The van der Waals surface area contributed by atoms with E-state index in [4.69, 9.17) is 9.47 Å². The lowest BCUT2D eigenvalue weighted by Crippen LogP contribution is -2.44. The van der Waals surface area contributed by atoms with Crippen molar-refractivity contribution < 1.29 is 23.9 Å². The number of hydrogen-bond donors (Lipinski definition) is 2. The molecule has 0 aliphatic rings. The summed E-state index contributed by atoms with van der Waals surface area (Å²) in [6.45, 7) is 4.14.